The number of fused-ring (bicyclic) bond motifs is 7. The third-order valence-corrected chi connectivity index (χ3v) is 17.0. The van der Waals surface area contributed by atoms with Gasteiger partial charge in [-0.05, 0) is 104 Å². The van der Waals surface area contributed by atoms with Crippen LogP contribution in [0.3, 0.4) is 0 Å². The molecule has 8 N–H and O–H groups in total. The SMILES string of the molecule is CC1(C)CC[C@]2(C(=O)O)CC[C@]3(C)C(=CC[C@@H]4[C@@]5(C)CC[C@H](O[C@@H]6OC[C@H](O)[C@H](O[C@@H]7O[C@H](CO)[C@@H](O)[C@H](O)[C@H]7O)[C@H]6O)[C@@](C)(CO)[C@@H]5CC[C@]43C)[C@@H]2C1. The highest BCUT2D eigenvalue weighted by Gasteiger charge is 2.70. The van der Waals surface area contributed by atoms with E-state index in [4.69, 9.17) is 18.9 Å². The van der Waals surface area contributed by atoms with E-state index in [0.717, 1.165) is 51.4 Å². The second-order valence-electron chi connectivity index (χ2n) is 20.1. The lowest BCUT2D eigenvalue weighted by molar-refractivity contribution is -0.358. The molecule has 308 valence electrons. The number of aliphatic carboxylic acids is 1. The van der Waals surface area contributed by atoms with E-state index in [0.29, 0.717) is 18.8 Å². The minimum Gasteiger partial charge on any atom is -0.481 e. The highest BCUT2D eigenvalue weighted by Crippen LogP contribution is 2.76. The van der Waals surface area contributed by atoms with Crippen molar-refractivity contribution in [3.63, 3.8) is 0 Å². The Kier molecular flexibility index (Phi) is 10.6. The molecule has 2 aliphatic heterocycles. The van der Waals surface area contributed by atoms with Crippen LogP contribution in [0.15, 0.2) is 11.6 Å². The van der Waals surface area contributed by atoms with Crippen molar-refractivity contribution >= 4 is 5.97 Å². The zero-order valence-corrected chi connectivity index (χ0v) is 32.9. The van der Waals surface area contributed by atoms with Crippen LogP contribution < -0.4 is 0 Å². The Bertz CT molecular complexity index is 1450. The van der Waals surface area contributed by atoms with E-state index in [-0.39, 0.29) is 46.7 Å². The summed E-state index contributed by atoms with van der Waals surface area (Å²) in [5, 5.41) is 84.8. The molecule has 13 nitrogen and oxygen atoms in total. The normalized spacial score (nSPS) is 54.3. The van der Waals surface area contributed by atoms with Gasteiger partial charge in [0.25, 0.3) is 0 Å². The van der Waals surface area contributed by atoms with Gasteiger partial charge in [0.05, 0.1) is 31.3 Å². The van der Waals surface area contributed by atoms with Crippen LogP contribution in [0.1, 0.15) is 106 Å². The Morgan fingerprint density at radius 2 is 1.52 bits per heavy atom. The first kappa shape index (κ1) is 40.9. The Labute approximate surface area is 319 Å². The maximum Gasteiger partial charge on any atom is 0.310 e. The molecule has 4 saturated carbocycles. The Balaban J connectivity index is 1.11. The Hall–Kier alpha value is -1.23. The summed E-state index contributed by atoms with van der Waals surface area (Å²) in [6, 6.07) is 0. The summed E-state index contributed by atoms with van der Waals surface area (Å²) in [6.45, 7) is 12.8. The first-order chi connectivity index (χ1) is 25.2. The third-order valence-electron chi connectivity index (χ3n) is 17.0. The summed E-state index contributed by atoms with van der Waals surface area (Å²) in [7, 11) is 0. The van der Waals surface area contributed by atoms with Gasteiger partial charge in [-0.1, -0.05) is 53.2 Å². The van der Waals surface area contributed by atoms with E-state index in [1.165, 1.54) is 5.57 Å². The van der Waals surface area contributed by atoms with Gasteiger partial charge in [0.15, 0.2) is 12.6 Å². The maximum atomic E-state index is 13.0. The van der Waals surface area contributed by atoms with Gasteiger partial charge < -0.3 is 59.8 Å². The molecule has 6 fully saturated rings. The molecule has 0 radical (unpaired) electrons. The average Bonchev–Trinajstić information content (AvgIpc) is 3.12. The van der Waals surface area contributed by atoms with Crippen LogP contribution in [0.5, 0.6) is 0 Å². The van der Waals surface area contributed by atoms with Gasteiger partial charge in [-0.2, -0.15) is 0 Å². The van der Waals surface area contributed by atoms with Crippen molar-refractivity contribution in [2.75, 3.05) is 19.8 Å². The van der Waals surface area contributed by atoms with Crippen LogP contribution in [-0.2, 0) is 23.7 Å². The summed E-state index contributed by atoms with van der Waals surface area (Å²) >= 11 is 0. The predicted octanol–water partition coefficient (Wildman–Crippen LogP) is 2.49. The quantitative estimate of drug-likeness (QED) is 0.138. The molecular formula is C41H66O13. The lowest BCUT2D eigenvalue weighted by Crippen LogP contribution is -2.67. The number of allylic oxidation sites excluding steroid dienone is 2. The molecule has 0 aromatic rings. The first-order valence-electron chi connectivity index (χ1n) is 20.4. The minimum absolute atomic E-state index is 0.0293. The topological polar surface area (TPSA) is 216 Å². The van der Waals surface area contributed by atoms with Gasteiger partial charge in [-0.15, -0.1) is 0 Å². The number of hydrogen-bond donors (Lipinski definition) is 8. The molecule has 7 aliphatic rings. The Morgan fingerprint density at radius 3 is 2.19 bits per heavy atom. The molecule has 0 amide bonds. The highest BCUT2D eigenvalue weighted by molar-refractivity contribution is 5.76. The maximum absolute atomic E-state index is 13.0. The van der Waals surface area contributed by atoms with Crippen LogP contribution in [0.4, 0.5) is 0 Å². The van der Waals surface area contributed by atoms with E-state index >= 15 is 0 Å². The van der Waals surface area contributed by atoms with E-state index < -0.39 is 84.8 Å². The number of carboxylic acids is 1. The largest absolute Gasteiger partial charge is 0.481 e. The second kappa shape index (κ2) is 14.0. The van der Waals surface area contributed by atoms with Crippen molar-refractivity contribution in [1.82, 2.24) is 0 Å². The smallest absolute Gasteiger partial charge is 0.310 e. The molecule has 0 unspecified atom stereocenters. The predicted molar refractivity (Wildman–Crippen MR) is 193 cm³/mol. The number of aliphatic hydroxyl groups is 7. The lowest BCUT2D eigenvalue weighted by atomic mass is 9.33. The van der Waals surface area contributed by atoms with Gasteiger partial charge in [0.2, 0.25) is 0 Å². The number of ether oxygens (including phenoxy) is 4. The highest BCUT2D eigenvalue weighted by atomic mass is 16.7. The molecular weight excluding hydrogens is 700 g/mol. The fourth-order valence-electron chi connectivity index (χ4n) is 13.4. The van der Waals surface area contributed by atoms with Gasteiger partial charge in [-0.25, -0.2) is 0 Å². The fourth-order valence-corrected chi connectivity index (χ4v) is 13.4. The van der Waals surface area contributed by atoms with Crippen LogP contribution in [0, 0.1) is 50.2 Å². The van der Waals surface area contributed by atoms with Crippen molar-refractivity contribution in [3.05, 3.63) is 11.6 Å². The summed E-state index contributed by atoms with van der Waals surface area (Å²) in [5.41, 5.74) is -0.295. The molecule has 5 aliphatic carbocycles. The van der Waals surface area contributed by atoms with Gasteiger partial charge >= 0.3 is 5.97 Å². The molecule has 54 heavy (non-hydrogen) atoms. The second-order valence-corrected chi connectivity index (χ2v) is 20.1. The Morgan fingerprint density at radius 1 is 0.815 bits per heavy atom. The van der Waals surface area contributed by atoms with Gasteiger partial charge in [0, 0.05) is 5.41 Å². The zero-order chi connectivity index (χ0) is 39.4. The third kappa shape index (κ3) is 5.92. The molecule has 0 spiro atoms. The van der Waals surface area contributed by atoms with Crippen molar-refractivity contribution < 1.29 is 64.6 Å². The molecule has 18 atom stereocenters. The van der Waals surface area contributed by atoms with Gasteiger partial charge in [-0.3, -0.25) is 4.79 Å². The lowest BCUT2D eigenvalue weighted by Gasteiger charge is -2.71. The molecule has 13 heteroatoms. The number of carbonyl (C=O) groups is 1. The molecule has 0 aromatic heterocycles. The number of aliphatic hydroxyl groups excluding tert-OH is 7. The zero-order valence-electron chi connectivity index (χ0n) is 32.9. The van der Waals surface area contributed by atoms with E-state index in [1.54, 1.807) is 0 Å². The molecule has 2 heterocycles. The molecule has 7 rings (SSSR count). The monoisotopic (exact) mass is 766 g/mol. The van der Waals surface area contributed by atoms with Crippen LogP contribution in [0.2, 0.25) is 0 Å². The summed E-state index contributed by atoms with van der Waals surface area (Å²) in [5.74, 6) is -0.227. The van der Waals surface area contributed by atoms with Crippen molar-refractivity contribution in [3.8, 4) is 0 Å². The number of hydrogen-bond acceptors (Lipinski definition) is 12. The average molecular weight is 767 g/mol. The summed E-state index contributed by atoms with van der Waals surface area (Å²) in [6.07, 6.45) is -3.15. The molecule has 0 aromatic carbocycles. The van der Waals surface area contributed by atoms with E-state index in [2.05, 4.69) is 47.6 Å². The van der Waals surface area contributed by atoms with Crippen LogP contribution in [0.25, 0.3) is 0 Å². The number of carboxylic acid groups (broad SMARTS) is 1. The van der Waals surface area contributed by atoms with Crippen LogP contribution in [-0.4, -0.2) is 128 Å². The minimum atomic E-state index is -1.72. The van der Waals surface area contributed by atoms with E-state index in [1.807, 2.05) is 0 Å². The molecule has 0 bridgehead atoms. The summed E-state index contributed by atoms with van der Waals surface area (Å²) < 4.78 is 23.7. The van der Waals surface area contributed by atoms with Gasteiger partial charge in [0.1, 0.15) is 42.7 Å². The van der Waals surface area contributed by atoms with Crippen LogP contribution >= 0.6 is 0 Å². The summed E-state index contributed by atoms with van der Waals surface area (Å²) in [4.78, 5) is 13.0. The fraction of sp³-hybridized carbons (Fsp3) is 0.927. The standard InChI is InChI=1S/C41H66O13/c1-36(2)13-15-41(35(49)50)16-14-39(5)21(22(41)17-36)7-8-26-37(3)11-10-27(38(4,20-43)25(37)9-12-40(26,39)6)53-33-31(48)32(23(44)19-51-33)54-34-30(47)29(46)28(45)24(18-42)52-34/h7,22-34,42-48H,8-20H2,1-6H3,(H,49,50)/t22-,23-,24+,25+,26+,27-,28+,29-,30+,31+,32-,33-,34-,37-,38-,39+,40+,41-/m0/s1. The van der Waals surface area contributed by atoms with Crippen molar-refractivity contribution in [2.24, 2.45) is 50.2 Å². The molecule has 2 saturated heterocycles. The first-order valence-corrected chi connectivity index (χ1v) is 20.4. The van der Waals surface area contributed by atoms with Crippen molar-refractivity contribution in [2.45, 2.75) is 167 Å². The number of rotatable bonds is 7. The van der Waals surface area contributed by atoms with Crippen molar-refractivity contribution in [1.29, 1.82) is 0 Å². The van der Waals surface area contributed by atoms with E-state index in [9.17, 15) is 45.6 Å².